The number of aromatic carboxylic acids is 1. The number of thiazole rings is 1. The van der Waals surface area contributed by atoms with Gasteiger partial charge in [0, 0.05) is 18.3 Å². The number of carboxylic acids is 1. The topological polar surface area (TPSA) is 62.2 Å². The van der Waals surface area contributed by atoms with Crippen LogP contribution in [0, 0.1) is 0 Å². The van der Waals surface area contributed by atoms with Crippen molar-refractivity contribution in [1.82, 2.24) is 10.3 Å². The molecule has 0 aliphatic carbocycles. The van der Waals surface area contributed by atoms with Gasteiger partial charge < -0.3 is 10.4 Å². The predicted octanol–water partition coefficient (Wildman–Crippen LogP) is 0.603. The number of carboxylic acid groups (broad SMARTS) is 1. The summed E-state index contributed by atoms with van der Waals surface area (Å²) in [5.41, 5.74) is 0.145. The minimum Gasteiger partial charge on any atom is -0.476 e. The molecule has 1 heterocycles. The number of aromatic nitrogens is 1. The van der Waals surface area contributed by atoms with Crippen LogP contribution in [0.15, 0.2) is 5.38 Å². The maximum absolute atomic E-state index is 10.4. The van der Waals surface area contributed by atoms with E-state index in [1.165, 1.54) is 11.3 Å². The molecule has 1 aromatic heterocycles. The lowest BCUT2D eigenvalue weighted by Crippen LogP contribution is -2.10. The first-order valence-electron chi connectivity index (χ1n) is 3.56. The fraction of sp³-hybridized carbons (Fsp3) is 0.429. The van der Waals surface area contributed by atoms with Crippen LogP contribution in [0.4, 0.5) is 0 Å². The summed E-state index contributed by atoms with van der Waals surface area (Å²) >= 11 is 1.39. The summed E-state index contributed by atoms with van der Waals surface area (Å²) in [6.45, 7) is 0.826. The average molecular weight is 186 g/mol. The van der Waals surface area contributed by atoms with Gasteiger partial charge in [0.25, 0.3) is 0 Å². The molecule has 0 atom stereocenters. The van der Waals surface area contributed by atoms with Crippen molar-refractivity contribution in [2.45, 2.75) is 6.42 Å². The second kappa shape index (κ2) is 4.18. The minimum atomic E-state index is -0.957. The van der Waals surface area contributed by atoms with Gasteiger partial charge in [-0.2, -0.15) is 0 Å². The lowest BCUT2D eigenvalue weighted by atomic mass is 10.4. The first-order valence-corrected chi connectivity index (χ1v) is 4.44. The van der Waals surface area contributed by atoms with E-state index < -0.39 is 5.97 Å². The SMILES string of the molecule is CNCCc1nc(C(=O)O)cs1. The molecule has 0 unspecified atom stereocenters. The zero-order valence-corrected chi connectivity index (χ0v) is 7.52. The van der Waals surface area contributed by atoms with Crippen LogP contribution in [0.3, 0.4) is 0 Å². The Morgan fingerprint density at radius 1 is 1.83 bits per heavy atom. The summed E-state index contributed by atoms with van der Waals surface area (Å²) in [4.78, 5) is 14.3. The summed E-state index contributed by atoms with van der Waals surface area (Å²) in [7, 11) is 1.85. The quantitative estimate of drug-likeness (QED) is 0.723. The van der Waals surface area contributed by atoms with Crippen molar-refractivity contribution in [3.63, 3.8) is 0 Å². The Morgan fingerprint density at radius 2 is 2.58 bits per heavy atom. The number of hydrogen-bond donors (Lipinski definition) is 2. The van der Waals surface area contributed by atoms with E-state index in [1.807, 2.05) is 7.05 Å². The Labute approximate surface area is 74.3 Å². The zero-order valence-electron chi connectivity index (χ0n) is 6.70. The molecule has 0 radical (unpaired) electrons. The Morgan fingerprint density at radius 3 is 3.08 bits per heavy atom. The van der Waals surface area contributed by atoms with E-state index in [4.69, 9.17) is 5.11 Å². The number of nitrogens with one attached hydrogen (secondary N) is 1. The molecule has 0 aliphatic rings. The smallest absolute Gasteiger partial charge is 0.355 e. The third-order valence-electron chi connectivity index (χ3n) is 1.36. The Balaban J connectivity index is 2.58. The van der Waals surface area contributed by atoms with Crippen LogP contribution in [0.5, 0.6) is 0 Å². The molecule has 5 heteroatoms. The average Bonchev–Trinajstić information content (AvgIpc) is 2.48. The first-order chi connectivity index (χ1) is 5.74. The van der Waals surface area contributed by atoms with Crippen LogP contribution in [0.2, 0.25) is 0 Å². The van der Waals surface area contributed by atoms with Gasteiger partial charge in [-0.15, -0.1) is 11.3 Å². The van der Waals surface area contributed by atoms with Crippen LogP contribution in [0.1, 0.15) is 15.5 Å². The van der Waals surface area contributed by atoms with E-state index in [0.717, 1.165) is 18.0 Å². The fourth-order valence-corrected chi connectivity index (χ4v) is 1.53. The van der Waals surface area contributed by atoms with Crippen molar-refractivity contribution < 1.29 is 9.90 Å². The molecule has 4 nitrogen and oxygen atoms in total. The number of hydrogen-bond acceptors (Lipinski definition) is 4. The van der Waals surface area contributed by atoms with Gasteiger partial charge in [-0.1, -0.05) is 0 Å². The van der Waals surface area contributed by atoms with Gasteiger partial charge >= 0.3 is 5.97 Å². The molecule has 0 saturated carbocycles. The summed E-state index contributed by atoms with van der Waals surface area (Å²) < 4.78 is 0. The number of rotatable bonds is 4. The molecular formula is C7H10N2O2S. The molecule has 0 amide bonds. The van der Waals surface area contributed by atoms with Crippen LogP contribution in [-0.2, 0) is 6.42 Å². The number of likely N-dealkylation sites (N-methyl/N-ethyl adjacent to an activating group) is 1. The van der Waals surface area contributed by atoms with Gasteiger partial charge in [0.15, 0.2) is 5.69 Å². The summed E-state index contributed by atoms with van der Waals surface area (Å²) in [6.07, 6.45) is 0.786. The monoisotopic (exact) mass is 186 g/mol. The molecule has 2 N–H and O–H groups in total. The van der Waals surface area contributed by atoms with E-state index in [9.17, 15) is 4.79 Å². The molecule has 1 aromatic rings. The highest BCUT2D eigenvalue weighted by atomic mass is 32.1. The fourth-order valence-electron chi connectivity index (χ4n) is 0.756. The van der Waals surface area contributed by atoms with Gasteiger partial charge in [-0.3, -0.25) is 0 Å². The lowest BCUT2D eigenvalue weighted by Gasteiger charge is -1.92. The number of nitrogens with zero attached hydrogens (tertiary/aromatic N) is 1. The Hall–Kier alpha value is -0.940. The van der Waals surface area contributed by atoms with Gasteiger partial charge in [0.2, 0.25) is 0 Å². The van der Waals surface area contributed by atoms with Crippen LogP contribution >= 0.6 is 11.3 Å². The minimum absolute atomic E-state index is 0.145. The van der Waals surface area contributed by atoms with E-state index in [2.05, 4.69) is 10.3 Å². The third-order valence-corrected chi connectivity index (χ3v) is 2.27. The van der Waals surface area contributed by atoms with E-state index in [0.29, 0.717) is 0 Å². The van der Waals surface area contributed by atoms with Crippen molar-refractivity contribution in [1.29, 1.82) is 0 Å². The predicted molar refractivity (Wildman–Crippen MR) is 46.7 cm³/mol. The summed E-state index contributed by atoms with van der Waals surface area (Å²) in [5, 5.41) is 14.0. The summed E-state index contributed by atoms with van der Waals surface area (Å²) in [6, 6.07) is 0. The lowest BCUT2D eigenvalue weighted by molar-refractivity contribution is 0.0691. The van der Waals surface area contributed by atoms with E-state index in [1.54, 1.807) is 5.38 Å². The molecule has 0 aliphatic heterocycles. The van der Waals surface area contributed by atoms with Gasteiger partial charge in [0.05, 0.1) is 5.01 Å². The Bertz CT molecular complexity index is 272. The molecule has 0 aromatic carbocycles. The van der Waals surface area contributed by atoms with Crippen LogP contribution in [-0.4, -0.2) is 29.7 Å². The number of carbonyl (C=O) groups is 1. The van der Waals surface area contributed by atoms with Gasteiger partial charge in [-0.05, 0) is 7.05 Å². The van der Waals surface area contributed by atoms with Crippen molar-refractivity contribution >= 4 is 17.3 Å². The third kappa shape index (κ3) is 2.28. The molecule has 0 bridgehead atoms. The van der Waals surface area contributed by atoms with Crippen LogP contribution in [0.25, 0.3) is 0 Å². The normalized spacial score (nSPS) is 10.1. The van der Waals surface area contributed by atoms with Crippen molar-refractivity contribution in [3.8, 4) is 0 Å². The van der Waals surface area contributed by atoms with Crippen LogP contribution < -0.4 is 5.32 Å². The molecule has 0 spiro atoms. The molecule has 0 saturated heterocycles. The maximum Gasteiger partial charge on any atom is 0.355 e. The zero-order chi connectivity index (χ0) is 8.97. The molecule has 1 rings (SSSR count). The first kappa shape index (κ1) is 9.15. The molecule has 12 heavy (non-hydrogen) atoms. The van der Waals surface area contributed by atoms with Gasteiger partial charge in [-0.25, -0.2) is 9.78 Å². The van der Waals surface area contributed by atoms with E-state index >= 15 is 0 Å². The molecule has 66 valence electrons. The van der Waals surface area contributed by atoms with Crippen molar-refractivity contribution in [3.05, 3.63) is 16.1 Å². The van der Waals surface area contributed by atoms with Gasteiger partial charge in [0.1, 0.15) is 0 Å². The highest BCUT2D eigenvalue weighted by Crippen LogP contribution is 2.09. The van der Waals surface area contributed by atoms with Crippen molar-refractivity contribution in [2.75, 3.05) is 13.6 Å². The largest absolute Gasteiger partial charge is 0.476 e. The van der Waals surface area contributed by atoms with E-state index in [-0.39, 0.29) is 5.69 Å². The molecule has 0 fully saturated rings. The second-order valence-corrected chi connectivity index (χ2v) is 3.23. The standard InChI is InChI=1S/C7H10N2O2S/c1-8-3-2-6-9-5(4-12-6)7(10)11/h4,8H,2-3H2,1H3,(H,10,11). The summed E-state index contributed by atoms with van der Waals surface area (Å²) in [5.74, 6) is -0.957. The highest BCUT2D eigenvalue weighted by Gasteiger charge is 2.07. The second-order valence-electron chi connectivity index (χ2n) is 2.29. The Kier molecular flexibility index (Phi) is 3.19. The highest BCUT2D eigenvalue weighted by molar-refractivity contribution is 7.09. The van der Waals surface area contributed by atoms with Crippen molar-refractivity contribution in [2.24, 2.45) is 0 Å². The maximum atomic E-state index is 10.4. The molecular weight excluding hydrogens is 176 g/mol.